The van der Waals surface area contributed by atoms with Crippen LogP contribution in [0.3, 0.4) is 0 Å². The number of sulfonamides is 1. The predicted molar refractivity (Wildman–Crippen MR) is 142 cm³/mol. The number of anilines is 1. The molecule has 0 N–H and O–H groups in total. The second-order valence-electron chi connectivity index (χ2n) is 10.4. The standard InChI is InChI=1S/C27H34FN3O7S/c1-18(25(33)38-27(2,3)4)31(20-11-13-21(14-12-20)37-26(34)29(5)6)24(32)23-8-7-17-30(23)39(35,36)22-15-9-19(28)10-16-22/h9-16,18,23H,7-8,17H2,1-6H3/t18-,23-/m0/s1. The summed E-state index contributed by atoms with van der Waals surface area (Å²) in [6.45, 7) is 6.69. The van der Waals surface area contributed by atoms with Crippen LogP contribution in [0.5, 0.6) is 5.75 Å². The van der Waals surface area contributed by atoms with E-state index in [9.17, 15) is 27.2 Å². The Morgan fingerprint density at radius 2 is 1.62 bits per heavy atom. The van der Waals surface area contributed by atoms with E-state index in [0.717, 1.165) is 28.6 Å². The third kappa shape index (κ3) is 7.12. The number of hydrogen-bond donors (Lipinski definition) is 0. The topological polar surface area (TPSA) is 114 Å². The van der Waals surface area contributed by atoms with Gasteiger partial charge < -0.3 is 14.4 Å². The molecule has 39 heavy (non-hydrogen) atoms. The summed E-state index contributed by atoms with van der Waals surface area (Å²) in [6.07, 6.45) is 0.0608. The minimum absolute atomic E-state index is 0.0875. The lowest BCUT2D eigenvalue weighted by molar-refractivity contribution is -0.157. The molecule has 212 valence electrons. The molecule has 0 radical (unpaired) electrons. The highest BCUT2D eigenvalue weighted by atomic mass is 32.2. The first-order valence-corrected chi connectivity index (χ1v) is 13.9. The van der Waals surface area contributed by atoms with Gasteiger partial charge in [-0.15, -0.1) is 0 Å². The maximum atomic E-state index is 14.0. The molecule has 1 aliphatic heterocycles. The van der Waals surface area contributed by atoms with Crippen molar-refractivity contribution in [3.63, 3.8) is 0 Å². The molecular formula is C27H34FN3O7S. The van der Waals surface area contributed by atoms with E-state index in [2.05, 4.69) is 0 Å². The lowest BCUT2D eigenvalue weighted by atomic mass is 10.1. The van der Waals surface area contributed by atoms with E-state index in [0.29, 0.717) is 6.42 Å². The highest BCUT2D eigenvalue weighted by Gasteiger charge is 2.44. The first kappa shape index (κ1) is 30.0. The molecule has 0 aromatic heterocycles. The molecule has 2 amide bonds. The van der Waals surface area contributed by atoms with Crippen molar-refractivity contribution in [1.29, 1.82) is 0 Å². The average molecular weight is 564 g/mol. The largest absolute Gasteiger partial charge is 0.458 e. The molecule has 0 bridgehead atoms. The minimum atomic E-state index is -4.13. The Labute approximate surface area is 228 Å². The zero-order valence-corrected chi connectivity index (χ0v) is 23.7. The van der Waals surface area contributed by atoms with Gasteiger partial charge in [-0.3, -0.25) is 9.69 Å². The Balaban J connectivity index is 1.98. The molecular weight excluding hydrogens is 529 g/mol. The molecule has 12 heteroatoms. The fraction of sp³-hybridized carbons (Fsp3) is 0.444. The molecule has 1 saturated heterocycles. The van der Waals surface area contributed by atoms with Crippen LogP contribution in [0.1, 0.15) is 40.5 Å². The molecule has 2 aromatic carbocycles. The van der Waals surface area contributed by atoms with E-state index >= 15 is 0 Å². The molecule has 0 aliphatic carbocycles. The number of benzene rings is 2. The van der Waals surface area contributed by atoms with Crippen molar-refractivity contribution >= 4 is 33.7 Å². The molecule has 0 unspecified atom stereocenters. The quantitative estimate of drug-likeness (QED) is 0.471. The highest BCUT2D eigenvalue weighted by Crippen LogP contribution is 2.31. The summed E-state index contributed by atoms with van der Waals surface area (Å²) >= 11 is 0. The van der Waals surface area contributed by atoms with Crippen LogP contribution in [-0.4, -0.2) is 73.9 Å². The summed E-state index contributed by atoms with van der Waals surface area (Å²) < 4.78 is 52.1. The van der Waals surface area contributed by atoms with Crippen LogP contribution in [0.15, 0.2) is 53.4 Å². The normalized spacial score (nSPS) is 16.8. The second kappa shape index (κ2) is 11.7. The average Bonchev–Trinajstić information content (AvgIpc) is 3.35. The van der Waals surface area contributed by atoms with E-state index in [4.69, 9.17) is 9.47 Å². The van der Waals surface area contributed by atoms with Crippen molar-refractivity contribution < 1.29 is 36.7 Å². The van der Waals surface area contributed by atoms with Crippen molar-refractivity contribution in [3.05, 3.63) is 54.3 Å². The van der Waals surface area contributed by atoms with Gasteiger partial charge in [-0.2, -0.15) is 4.31 Å². The first-order chi connectivity index (χ1) is 18.1. The first-order valence-electron chi connectivity index (χ1n) is 12.4. The van der Waals surface area contributed by atoms with Crippen molar-refractivity contribution in [2.45, 2.75) is 63.1 Å². The van der Waals surface area contributed by atoms with Gasteiger partial charge >= 0.3 is 12.1 Å². The second-order valence-corrected chi connectivity index (χ2v) is 12.3. The summed E-state index contributed by atoms with van der Waals surface area (Å²) in [5, 5.41) is 0. The Morgan fingerprint density at radius 3 is 2.15 bits per heavy atom. The van der Waals surface area contributed by atoms with Gasteiger partial charge in [0.1, 0.15) is 29.3 Å². The molecule has 2 atom stereocenters. The Kier molecular flexibility index (Phi) is 9.01. The zero-order chi connectivity index (χ0) is 29.1. The van der Waals surface area contributed by atoms with E-state index in [-0.39, 0.29) is 29.3 Å². The lowest BCUT2D eigenvalue weighted by Gasteiger charge is -2.34. The molecule has 0 saturated carbocycles. The van der Waals surface area contributed by atoms with Crippen molar-refractivity contribution in [1.82, 2.24) is 9.21 Å². The maximum absolute atomic E-state index is 14.0. The summed E-state index contributed by atoms with van der Waals surface area (Å²) in [5.74, 6) is -1.66. The molecule has 2 aromatic rings. The molecule has 3 rings (SSSR count). The van der Waals surface area contributed by atoms with E-state index < -0.39 is 51.5 Å². The lowest BCUT2D eigenvalue weighted by Crippen LogP contribution is -2.53. The van der Waals surface area contributed by atoms with Crippen LogP contribution in [0, 0.1) is 5.82 Å². The van der Waals surface area contributed by atoms with Gasteiger partial charge in [0.2, 0.25) is 15.9 Å². The predicted octanol–water partition coefficient (Wildman–Crippen LogP) is 3.80. The van der Waals surface area contributed by atoms with E-state index in [1.807, 2.05) is 0 Å². The number of rotatable bonds is 7. The number of ether oxygens (including phenoxy) is 2. The van der Waals surface area contributed by atoms with Gasteiger partial charge in [-0.25, -0.2) is 22.4 Å². The molecule has 1 fully saturated rings. The van der Waals surface area contributed by atoms with Gasteiger partial charge in [0, 0.05) is 26.3 Å². The molecule has 0 spiro atoms. The maximum Gasteiger partial charge on any atom is 0.414 e. The fourth-order valence-corrected chi connectivity index (χ4v) is 5.73. The number of esters is 1. The number of nitrogens with zero attached hydrogens (tertiary/aromatic N) is 3. The Hall–Kier alpha value is -3.51. The third-order valence-electron chi connectivity index (χ3n) is 5.97. The zero-order valence-electron chi connectivity index (χ0n) is 22.9. The number of carbonyl (C=O) groups excluding carboxylic acids is 3. The van der Waals surface area contributed by atoms with Crippen LogP contribution < -0.4 is 9.64 Å². The van der Waals surface area contributed by atoms with Gasteiger partial charge in [-0.05, 0) is 89.1 Å². The summed E-state index contributed by atoms with van der Waals surface area (Å²) in [6, 6.07) is 8.14. The summed E-state index contributed by atoms with van der Waals surface area (Å²) in [7, 11) is -1.06. The van der Waals surface area contributed by atoms with E-state index in [1.165, 1.54) is 55.1 Å². The molecule has 1 aliphatic rings. The minimum Gasteiger partial charge on any atom is -0.458 e. The van der Waals surface area contributed by atoms with Crippen molar-refractivity contribution in [2.24, 2.45) is 0 Å². The Morgan fingerprint density at radius 1 is 1.03 bits per heavy atom. The number of halogens is 1. The number of amides is 2. The van der Waals surface area contributed by atoms with Crippen LogP contribution in [-0.2, 0) is 24.3 Å². The fourth-order valence-electron chi connectivity index (χ4n) is 4.08. The SMILES string of the molecule is C[C@@H](C(=O)OC(C)(C)C)N(C(=O)[C@@H]1CCCN1S(=O)(=O)c1ccc(F)cc1)c1ccc(OC(=O)N(C)C)cc1. The monoisotopic (exact) mass is 563 g/mol. The number of carbonyl (C=O) groups is 3. The van der Waals surface area contributed by atoms with Crippen molar-refractivity contribution in [2.75, 3.05) is 25.5 Å². The van der Waals surface area contributed by atoms with Crippen LogP contribution in [0.4, 0.5) is 14.9 Å². The van der Waals surface area contributed by atoms with Gasteiger partial charge in [0.25, 0.3) is 0 Å². The van der Waals surface area contributed by atoms with Crippen LogP contribution in [0.25, 0.3) is 0 Å². The summed E-state index contributed by atoms with van der Waals surface area (Å²) in [5.41, 5.74) is -0.538. The highest BCUT2D eigenvalue weighted by molar-refractivity contribution is 7.89. The van der Waals surface area contributed by atoms with Crippen LogP contribution >= 0.6 is 0 Å². The Bertz CT molecular complexity index is 1310. The number of hydrogen-bond acceptors (Lipinski definition) is 7. The van der Waals surface area contributed by atoms with Gasteiger partial charge in [0.15, 0.2) is 0 Å². The summed E-state index contributed by atoms with van der Waals surface area (Å²) in [4.78, 5) is 41.3. The van der Waals surface area contributed by atoms with Gasteiger partial charge in [-0.1, -0.05) is 0 Å². The van der Waals surface area contributed by atoms with Crippen molar-refractivity contribution in [3.8, 4) is 5.75 Å². The van der Waals surface area contributed by atoms with Crippen LogP contribution in [0.2, 0.25) is 0 Å². The molecule has 10 nitrogen and oxygen atoms in total. The molecule has 1 heterocycles. The smallest absolute Gasteiger partial charge is 0.414 e. The third-order valence-corrected chi connectivity index (χ3v) is 7.89. The van der Waals surface area contributed by atoms with E-state index in [1.54, 1.807) is 20.8 Å². The van der Waals surface area contributed by atoms with Gasteiger partial charge in [0.05, 0.1) is 4.90 Å².